The van der Waals surface area contributed by atoms with Crippen molar-refractivity contribution in [2.75, 3.05) is 13.7 Å². The summed E-state index contributed by atoms with van der Waals surface area (Å²) >= 11 is 0. The van der Waals surface area contributed by atoms with Crippen LogP contribution < -0.4 is 5.32 Å². The number of carbonyl (C=O) groups excluding carboxylic acids is 3. The van der Waals surface area contributed by atoms with E-state index in [4.69, 9.17) is 4.74 Å². The van der Waals surface area contributed by atoms with E-state index >= 15 is 0 Å². The lowest BCUT2D eigenvalue weighted by Crippen LogP contribution is -2.48. The number of nitrogens with one attached hydrogen (secondary N) is 1. The third-order valence-electron chi connectivity index (χ3n) is 4.04. The van der Waals surface area contributed by atoms with Crippen molar-refractivity contribution in [3.63, 3.8) is 0 Å². The second-order valence-corrected chi connectivity index (χ2v) is 5.40. The summed E-state index contributed by atoms with van der Waals surface area (Å²) in [6.07, 6.45) is -0.476. The Hall–Kier alpha value is -2.37. The van der Waals surface area contributed by atoms with E-state index in [0.717, 1.165) is 5.56 Å². The number of benzene rings is 1. The van der Waals surface area contributed by atoms with Gasteiger partial charge >= 0.3 is 12.1 Å². The molecule has 0 spiro atoms. The van der Waals surface area contributed by atoms with Gasteiger partial charge in [0.2, 0.25) is 0 Å². The smallest absolute Gasteiger partial charge is 0.407 e. The highest BCUT2D eigenvalue weighted by molar-refractivity contribution is 6.05. The first-order valence-electron chi connectivity index (χ1n) is 7.01. The molecule has 2 rings (SSSR count). The van der Waals surface area contributed by atoms with E-state index in [-0.39, 0.29) is 18.8 Å². The summed E-state index contributed by atoms with van der Waals surface area (Å²) in [4.78, 5) is 36.2. The number of hydrogen-bond donors (Lipinski definition) is 1. The van der Waals surface area contributed by atoms with Crippen molar-refractivity contribution in [2.24, 2.45) is 5.41 Å². The van der Waals surface area contributed by atoms with Gasteiger partial charge in [0.1, 0.15) is 5.78 Å². The highest BCUT2D eigenvalue weighted by Gasteiger charge is 2.55. The van der Waals surface area contributed by atoms with Gasteiger partial charge in [-0.3, -0.25) is 9.59 Å². The molecule has 1 N–H and O–H groups in total. The maximum atomic E-state index is 12.3. The van der Waals surface area contributed by atoms with E-state index in [9.17, 15) is 14.4 Å². The molecule has 1 fully saturated rings. The molecule has 1 aromatic rings. The van der Waals surface area contributed by atoms with Crippen molar-refractivity contribution in [3.05, 3.63) is 35.4 Å². The SMILES string of the molecule is COC(=O)NC(c1cccc(C)c1)[C@]1(C(C)=O)CCOC1=O. The van der Waals surface area contributed by atoms with Crippen LogP contribution in [0.4, 0.5) is 4.79 Å². The number of ketones is 1. The molecule has 22 heavy (non-hydrogen) atoms. The Morgan fingerprint density at radius 2 is 2.14 bits per heavy atom. The van der Waals surface area contributed by atoms with E-state index in [1.165, 1.54) is 14.0 Å². The molecular formula is C16H19NO5. The Balaban J connectivity index is 2.54. The molecule has 6 nitrogen and oxygen atoms in total. The van der Waals surface area contributed by atoms with Gasteiger partial charge < -0.3 is 14.8 Å². The highest BCUT2D eigenvalue weighted by atomic mass is 16.5. The van der Waals surface area contributed by atoms with Gasteiger partial charge in [-0.15, -0.1) is 0 Å². The third kappa shape index (κ3) is 2.68. The molecule has 0 bridgehead atoms. The van der Waals surface area contributed by atoms with Crippen molar-refractivity contribution < 1.29 is 23.9 Å². The second-order valence-electron chi connectivity index (χ2n) is 5.40. The van der Waals surface area contributed by atoms with Crippen LogP contribution in [-0.4, -0.2) is 31.6 Å². The summed E-state index contributed by atoms with van der Waals surface area (Å²) in [5.41, 5.74) is 0.209. The van der Waals surface area contributed by atoms with Gasteiger partial charge in [-0.2, -0.15) is 0 Å². The third-order valence-corrected chi connectivity index (χ3v) is 4.04. The average molecular weight is 305 g/mol. The van der Waals surface area contributed by atoms with Gasteiger partial charge in [0.15, 0.2) is 5.41 Å². The summed E-state index contributed by atoms with van der Waals surface area (Å²) < 4.78 is 9.66. The van der Waals surface area contributed by atoms with Crippen LogP contribution in [-0.2, 0) is 19.1 Å². The largest absolute Gasteiger partial charge is 0.465 e. The van der Waals surface area contributed by atoms with Crippen molar-refractivity contribution in [2.45, 2.75) is 26.3 Å². The molecule has 1 aromatic carbocycles. The molecule has 1 heterocycles. The zero-order valence-electron chi connectivity index (χ0n) is 12.8. The maximum Gasteiger partial charge on any atom is 0.407 e. The quantitative estimate of drug-likeness (QED) is 0.679. The van der Waals surface area contributed by atoms with Crippen LogP contribution in [0.15, 0.2) is 24.3 Å². The zero-order chi connectivity index (χ0) is 16.3. The first-order valence-corrected chi connectivity index (χ1v) is 7.01. The van der Waals surface area contributed by atoms with Gasteiger partial charge in [0, 0.05) is 6.42 Å². The summed E-state index contributed by atoms with van der Waals surface area (Å²) in [5.74, 6) is -0.944. The molecular weight excluding hydrogens is 286 g/mol. The van der Waals surface area contributed by atoms with Crippen LogP contribution in [0.1, 0.15) is 30.5 Å². The Bertz CT molecular complexity index is 612. The van der Waals surface area contributed by atoms with Crippen LogP contribution in [0.3, 0.4) is 0 Å². The van der Waals surface area contributed by atoms with E-state index in [2.05, 4.69) is 10.1 Å². The molecule has 0 saturated carbocycles. The van der Waals surface area contributed by atoms with Crippen LogP contribution in [0.25, 0.3) is 0 Å². The lowest BCUT2D eigenvalue weighted by Gasteiger charge is -2.32. The Kier molecular flexibility index (Phi) is 4.49. The molecule has 1 unspecified atom stereocenters. The Morgan fingerprint density at radius 3 is 2.64 bits per heavy atom. The Labute approximate surface area is 128 Å². The predicted octanol–water partition coefficient (Wildman–Crippen LogP) is 1.91. The molecule has 1 amide bonds. The first kappa shape index (κ1) is 16.0. The summed E-state index contributed by atoms with van der Waals surface area (Å²) in [6, 6.07) is 6.48. The summed E-state index contributed by atoms with van der Waals surface area (Å²) in [7, 11) is 1.23. The van der Waals surface area contributed by atoms with Crippen LogP contribution >= 0.6 is 0 Å². The van der Waals surface area contributed by atoms with Gasteiger partial charge in [0.25, 0.3) is 0 Å². The number of hydrogen-bond acceptors (Lipinski definition) is 5. The molecule has 2 atom stereocenters. The number of carbonyl (C=O) groups is 3. The van der Waals surface area contributed by atoms with Crippen LogP contribution in [0.2, 0.25) is 0 Å². The first-order chi connectivity index (χ1) is 10.4. The summed E-state index contributed by atoms with van der Waals surface area (Å²) in [6.45, 7) is 3.39. The number of amides is 1. The predicted molar refractivity (Wildman–Crippen MR) is 78.2 cm³/mol. The number of methoxy groups -OCH3 is 1. The summed E-state index contributed by atoms with van der Waals surface area (Å²) in [5, 5.41) is 2.62. The normalized spacial score (nSPS) is 21.9. The number of alkyl carbamates (subject to hydrolysis) is 1. The number of esters is 1. The van der Waals surface area contributed by atoms with Gasteiger partial charge in [-0.1, -0.05) is 29.8 Å². The molecule has 6 heteroatoms. The van der Waals surface area contributed by atoms with Crippen molar-refractivity contribution in [1.29, 1.82) is 0 Å². The average Bonchev–Trinajstić information content (AvgIpc) is 2.87. The maximum absolute atomic E-state index is 12.3. The fraction of sp³-hybridized carbons (Fsp3) is 0.438. The molecule has 0 aliphatic carbocycles. The standard InChI is InChI=1S/C16H19NO5/c1-10-5-4-6-12(9-10)13(17-15(20)21-3)16(11(2)18)7-8-22-14(16)19/h4-6,9,13H,7-8H2,1-3H3,(H,17,20)/t13?,16-/m1/s1. The molecule has 1 saturated heterocycles. The minimum atomic E-state index is -1.41. The van der Waals surface area contributed by atoms with Crippen molar-refractivity contribution in [3.8, 4) is 0 Å². The number of rotatable bonds is 4. The highest BCUT2D eigenvalue weighted by Crippen LogP contribution is 2.43. The van der Waals surface area contributed by atoms with E-state index in [1.807, 2.05) is 25.1 Å². The van der Waals surface area contributed by atoms with Gasteiger partial charge in [-0.05, 0) is 19.4 Å². The minimum absolute atomic E-state index is 0.156. The lowest BCUT2D eigenvalue weighted by atomic mass is 9.72. The van der Waals surface area contributed by atoms with Crippen LogP contribution in [0.5, 0.6) is 0 Å². The molecule has 1 aliphatic rings. The molecule has 0 aromatic heterocycles. The molecule has 118 valence electrons. The Morgan fingerprint density at radius 1 is 1.41 bits per heavy atom. The van der Waals surface area contributed by atoms with Gasteiger partial charge in [0.05, 0.1) is 19.8 Å². The molecule has 1 aliphatic heterocycles. The molecule has 0 radical (unpaired) electrons. The number of cyclic esters (lactones) is 1. The van der Waals surface area contributed by atoms with Crippen molar-refractivity contribution >= 4 is 17.8 Å². The fourth-order valence-electron chi connectivity index (χ4n) is 2.84. The van der Waals surface area contributed by atoms with Gasteiger partial charge in [-0.25, -0.2) is 4.79 Å². The minimum Gasteiger partial charge on any atom is -0.465 e. The second kappa shape index (κ2) is 6.17. The zero-order valence-corrected chi connectivity index (χ0v) is 12.8. The topological polar surface area (TPSA) is 81.7 Å². The number of Topliss-reactive ketones (excluding diaryl/α,β-unsaturated/α-hetero) is 1. The van der Waals surface area contributed by atoms with E-state index in [0.29, 0.717) is 5.56 Å². The lowest BCUT2D eigenvalue weighted by molar-refractivity contribution is -0.152. The fourth-order valence-corrected chi connectivity index (χ4v) is 2.84. The van der Waals surface area contributed by atoms with Crippen LogP contribution in [0, 0.1) is 12.3 Å². The van der Waals surface area contributed by atoms with E-state index < -0.39 is 23.5 Å². The monoisotopic (exact) mass is 305 g/mol. The number of aryl methyl sites for hydroxylation is 1. The van der Waals surface area contributed by atoms with E-state index in [1.54, 1.807) is 6.07 Å². The van der Waals surface area contributed by atoms with Crippen molar-refractivity contribution in [1.82, 2.24) is 5.32 Å². The number of ether oxygens (including phenoxy) is 2.